The quantitative estimate of drug-likeness (QED) is 0.309. The Labute approximate surface area is 192 Å². The molecule has 0 aliphatic heterocycles. The van der Waals surface area contributed by atoms with Gasteiger partial charge in [-0.25, -0.2) is 0 Å². The van der Waals surface area contributed by atoms with Crippen LogP contribution in [0.4, 0.5) is 17.1 Å². The average Bonchev–Trinajstić information content (AvgIpc) is 2.82. The van der Waals surface area contributed by atoms with E-state index in [1.807, 2.05) is 6.07 Å². The Hall–Kier alpha value is -3.52. The van der Waals surface area contributed by atoms with Crippen molar-refractivity contribution in [2.75, 3.05) is 11.1 Å². The van der Waals surface area contributed by atoms with Crippen molar-refractivity contribution in [3.8, 4) is 22.3 Å². The molecule has 4 aromatic carbocycles. The van der Waals surface area contributed by atoms with Gasteiger partial charge in [0.1, 0.15) is 0 Å². The van der Waals surface area contributed by atoms with Crippen molar-refractivity contribution < 1.29 is 0 Å². The third-order valence-corrected chi connectivity index (χ3v) is 6.34. The van der Waals surface area contributed by atoms with Crippen LogP contribution in [0.2, 0.25) is 0 Å². The molecule has 4 rings (SSSR count). The zero-order chi connectivity index (χ0) is 22.7. The van der Waals surface area contributed by atoms with Gasteiger partial charge in [0.2, 0.25) is 0 Å². The number of anilines is 3. The van der Waals surface area contributed by atoms with E-state index in [0.29, 0.717) is 0 Å². The Morgan fingerprint density at radius 1 is 0.688 bits per heavy atom. The molecule has 0 aliphatic carbocycles. The maximum Gasteiger partial charge on any atom is 0.0420 e. The molecule has 0 fully saturated rings. The largest absolute Gasteiger partial charge is 0.399 e. The summed E-state index contributed by atoms with van der Waals surface area (Å²) < 4.78 is 0. The molecule has 0 spiro atoms. The molecule has 0 saturated carbocycles. The lowest BCUT2D eigenvalue weighted by atomic mass is 9.89. The van der Waals surface area contributed by atoms with E-state index in [-0.39, 0.29) is 0 Å². The first-order valence-electron chi connectivity index (χ1n) is 11.5. The molecule has 0 atom stereocenters. The Bertz CT molecular complexity index is 1220. The van der Waals surface area contributed by atoms with Crippen LogP contribution < -0.4 is 11.1 Å². The molecule has 3 N–H and O–H groups in total. The number of nitrogen functional groups attached to an aromatic ring is 1. The minimum atomic E-state index is 0.827. The monoisotopic (exact) mass is 420 g/mol. The molecule has 0 amide bonds. The van der Waals surface area contributed by atoms with Crippen molar-refractivity contribution in [1.29, 1.82) is 0 Å². The number of benzene rings is 4. The third-order valence-electron chi connectivity index (χ3n) is 6.34. The highest BCUT2D eigenvalue weighted by atomic mass is 14.9. The van der Waals surface area contributed by atoms with E-state index in [0.717, 1.165) is 35.5 Å². The summed E-state index contributed by atoms with van der Waals surface area (Å²) in [7, 11) is 0. The van der Waals surface area contributed by atoms with Gasteiger partial charge in [0, 0.05) is 17.1 Å². The lowest BCUT2D eigenvalue weighted by molar-refractivity contribution is 1.14. The van der Waals surface area contributed by atoms with Crippen molar-refractivity contribution in [3.05, 3.63) is 101 Å². The van der Waals surface area contributed by atoms with E-state index in [1.165, 1.54) is 38.9 Å². The maximum absolute atomic E-state index is 6.10. The maximum atomic E-state index is 6.10. The average molecular weight is 421 g/mol. The molecule has 0 unspecified atom stereocenters. The van der Waals surface area contributed by atoms with E-state index >= 15 is 0 Å². The lowest BCUT2D eigenvalue weighted by Crippen LogP contribution is -1.98. The van der Waals surface area contributed by atoms with Gasteiger partial charge in [0.15, 0.2) is 0 Å². The molecule has 2 nitrogen and oxygen atoms in total. The topological polar surface area (TPSA) is 38.0 Å². The van der Waals surface area contributed by atoms with Crippen molar-refractivity contribution >= 4 is 17.1 Å². The van der Waals surface area contributed by atoms with Crippen LogP contribution in [0.3, 0.4) is 0 Å². The Kier molecular flexibility index (Phi) is 6.32. The third kappa shape index (κ3) is 4.40. The highest BCUT2D eigenvalue weighted by Crippen LogP contribution is 2.39. The van der Waals surface area contributed by atoms with Crippen LogP contribution in [0.1, 0.15) is 36.1 Å². The van der Waals surface area contributed by atoms with Crippen LogP contribution in [0, 0.1) is 13.8 Å². The van der Waals surface area contributed by atoms with Crippen LogP contribution >= 0.6 is 0 Å². The van der Waals surface area contributed by atoms with Crippen molar-refractivity contribution in [2.24, 2.45) is 0 Å². The fourth-order valence-corrected chi connectivity index (χ4v) is 4.19. The van der Waals surface area contributed by atoms with Crippen molar-refractivity contribution in [1.82, 2.24) is 0 Å². The van der Waals surface area contributed by atoms with Gasteiger partial charge in [-0.05, 0) is 102 Å². The first kappa shape index (κ1) is 21.7. The molecular weight excluding hydrogens is 388 g/mol. The number of hydrogen-bond donors (Lipinski definition) is 2. The first-order valence-corrected chi connectivity index (χ1v) is 11.5. The summed E-state index contributed by atoms with van der Waals surface area (Å²) in [4.78, 5) is 0. The second kappa shape index (κ2) is 9.32. The fraction of sp³-hybridized carbons (Fsp3) is 0.200. The van der Waals surface area contributed by atoms with Gasteiger partial charge in [-0.1, -0.05) is 62.4 Å². The van der Waals surface area contributed by atoms with E-state index in [1.54, 1.807) is 0 Å². The molecule has 0 saturated heterocycles. The van der Waals surface area contributed by atoms with Crippen LogP contribution in [-0.2, 0) is 12.8 Å². The van der Waals surface area contributed by atoms with Crippen LogP contribution in [0.15, 0.2) is 78.9 Å². The molecule has 0 aliphatic rings. The Balaban J connectivity index is 1.84. The van der Waals surface area contributed by atoms with Crippen molar-refractivity contribution in [2.45, 2.75) is 40.5 Å². The van der Waals surface area contributed by atoms with Crippen molar-refractivity contribution in [3.63, 3.8) is 0 Å². The fourth-order valence-electron chi connectivity index (χ4n) is 4.19. The number of aryl methyl sites for hydroxylation is 3. The van der Waals surface area contributed by atoms with Crippen LogP contribution in [0.25, 0.3) is 22.3 Å². The number of nitrogens with one attached hydrogen (secondary N) is 1. The van der Waals surface area contributed by atoms with E-state index in [9.17, 15) is 0 Å². The van der Waals surface area contributed by atoms with Gasteiger partial charge >= 0.3 is 0 Å². The summed E-state index contributed by atoms with van der Waals surface area (Å²) >= 11 is 0. The molecule has 0 radical (unpaired) electrons. The highest BCUT2D eigenvalue weighted by molar-refractivity contribution is 5.90. The van der Waals surface area contributed by atoms with Gasteiger partial charge in [-0.2, -0.15) is 0 Å². The second-order valence-electron chi connectivity index (χ2n) is 8.46. The zero-order valence-electron chi connectivity index (χ0n) is 19.5. The van der Waals surface area contributed by atoms with Crippen LogP contribution in [0.5, 0.6) is 0 Å². The summed E-state index contributed by atoms with van der Waals surface area (Å²) in [6.07, 6.45) is 2.09. The molecule has 32 heavy (non-hydrogen) atoms. The number of nitrogens with two attached hydrogens (primary N) is 1. The van der Waals surface area contributed by atoms with Gasteiger partial charge in [0.05, 0.1) is 0 Å². The Morgan fingerprint density at radius 3 is 1.88 bits per heavy atom. The van der Waals surface area contributed by atoms with E-state index in [2.05, 4.69) is 106 Å². The van der Waals surface area contributed by atoms with E-state index < -0.39 is 0 Å². The Morgan fingerprint density at radius 2 is 1.28 bits per heavy atom. The molecular formula is C30H32N2. The number of rotatable bonds is 6. The molecule has 0 bridgehead atoms. The lowest BCUT2D eigenvalue weighted by Gasteiger charge is -2.19. The highest BCUT2D eigenvalue weighted by Gasteiger charge is 2.15. The van der Waals surface area contributed by atoms with Gasteiger partial charge in [0.25, 0.3) is 0 Å². The normalized spacial score (nSPS) is 10.9. The van der Waals surface area contributed by atoms with E-state index in [4.69, 9.17) is 5.73 Å². The summed E-state index contributed by atoms with van der Waals surface area (Å²) in [6.45, 7) is 8.65. The van der Waals surface area contributed by atoms with Gasteiger partial charge in [-0.15, -0.1) is 0 Å². The van der Waals surface area contributed by atoms with Gasteiger partial charge in [-0.3, -0.25) is 0 Å². The summed E-state index contributed by atoms with van der Waals surface area (Å²) in [5, 5.41) is 3.64. The van der Waals surface area contributed by atoms with Gasteiger partial charge < -0.3 is 11.1 Å². The second-order valence-corrected chi connectivity index (χ2v) is 8.46. The summed E-state index contributed by atoms with van der Waals surface area (Å²) in [5.41, 5.74) is 19.1. The SMILES string of the molecule is CCc1ccc(Nc2ccc(-c3ccc(N)c(C)c3)c(-c3ccc(CC)cc3)c2C)cc1. The molecule has 0 aromatic heterocycles. The molecule has 162 valence electrons. The smallest absolute Gasteiger partial charge is 0.0420 e. The summed E-state index contributed by atoms with van der Waals surface area (Å²) in [5.74, 6) is 0. The minimum absolute atomic E-state index is 0.827. The number of hydrogen-bond acceptors (Lipinski definition) is 2. The summed E-state index contributed by atoms with van der Waals surface area (Å²) in [6, 6.07) is 28.4. The molecule has 2 heteroatoms. The molecule has 4 aromatic rings. The molecule has 0 heterocycles. The standard InChI is InChI=1S/C30H32N2/c1-5-22-7-11-24(12-8-22)30-21(4)29(32-26-14-9-23(6-2)10-15-26)18-16-27(30)25-13-17-28(31)20(3)19-25/h7-19,32H,5-6,31H2,1-4H3. The zero-order valence-corrected chi connectivity index (χ0v) is 19.5. The predicted molar refractivity (Wildman–Crippen MR) is 140 cm³/mol. The predicted octanol–water partition coefficient (Wildman–Crippen LogP) is 8.09. The van der Waals surface area contributed by atoms with Crippen LogP contribution in [-0.4, -0.2) is 0 Å². The minimum Gasteiger partial charge on any atom is -0.399 e. The first-order chi connectivity index (χ1) is 15.5.